The summed E-state index contributed by atoms with van der Waals surface area (Å²) in [6.45, 7) is 8.48. The van der Waals surface area contributed by atoms with E-state index in [1.807, 2.05) is 10.5 Å². The summed E-state index contributed by atoms with van der Waals surface area (Å²) in [6.07, 6.45) is 4.65. The van der Waals surface area contributed by atoms with Crippen molar-refractivity contribution < 1.29 is 4.74 Å². The van der Waals surface area contributed by atoms with Gasteiger partial charge in [-0.1, -0.05) is 32.9 Å². The highest BCUT2D eigenvalue weighted by Gasteiger charge is 2.37. The lowest BCUT2D eigenvalue weighted by atomic mass is 9.95. The molecule has 0 N–H and O–H groups in total. The van der Waals surface area contributed by atoms with Crippen LogP contribution in [0, 0.1) is 11.3 Å². The Balaban J connectivity index is 1.55. The topological polar surface area (TPSA) is 95.5 Å². The van der Waals surface area contributed by atoms with Gasteiger partial charge in [-0.3, -0.25) is 9.30 Å². The monoisotopic (exact) mass is 484 g/mol. The van der Waals surface area contributed by atoms with Crippen LogP contribution in [0.3, 0.4) is 0 Å². The van der Waals surface area contributed by atoms with E-state index in [0.717, 1.165) is 49.4 Å². The molecule has 9 heteroatoms. The van der Waals surface area contributed by atoms with Crippen LogP contribution in [-0.2, 0) is 0 Å². The van der Waals surface area contributed by atoms with Crippen LogP contribution in [0.25, 0.3) is 16.8 Å². The van der Waals surface area contributed by atoms with E-state index >= 15 is 0 Å². The molecule has 4 aromatic rings. The van der Waals surface area contributed by atoms with Crippen molar-refractivity contribution in [3.05, 3.63) is 54.0 Å². The number of piperazine rings is 1. The third kappa shape index (κ3) is 4.11. The molecule has 1 aromatic carbocycles. The van der Waals surface area contributed by atoms with E-state index in [1.165, 1.54) is 5.56 Å². The summed E-state index contributed by atoms with van der Waals surface area (Å²) in [5.74, 6) is 2.20. The van der Waals surface area contributed by atoms with Crippen molar-refractivity contribution in [3.63, 3.8) is 0 Å². The first-order valence-electron chi connectivity index (χ1n) is 12.7. The van der Waals surface area contributed by atoms with Gasteiger partial charge in [-0.25, -0.2) is 4.98 Å². The summed E-state index contributed by atoms with van der Waals surface area (Å²) in [7, 11) is 1.70. The lowest BCUT2D eigenvalue weighted by Crippen LogP contribution is -2.59. The Morgan fingerprint density at radius 3 is 2.47 bits per heavy atom. The maximum Gasteiger partial charge on any atom is 0.257 e. The highest BCUT2D eigenvalue weighted by molar-refractivity contribution is 5.88. The minimum atomic E-state index is 0.244. The third-order valence-electron chi connectivity index (χ3n) is 7.44. The maximum atomic E-state index is 9.52. The van der Waals surface area contributed by atoms with E-state index in [0.29, 0.717) is 29.1 Å². The minimum absolute atomic E-state index is 0.244. The summed E-state index contributed by atoms with van der Waals surface area (Å²) >= 11 is 0. The van der Waals surface area contributed by atoms with Gasteiger partial charge in [0.15, 0.2) is 5.82 Å². The first-order valence-corrected chi connectivity index (χ1v) is 12.7. The Morgan fingerprint density at radius 2 is 1.81 bits per heavy atom. The van der Waals surface area contributed by atoms with Crippen molar-refractivity contribution in [2.75, 3.05) is 25.1 Å². The van der Waals surface area contributed by atoms with Crippen LogP contribution in [0.15, 0.2) is 42.7 Å². The Bertz CT molecular complexity index is 1390. The average molecular weight is 485 g/mol. The van der Waals surface area contributed by atoms with Gasteiger partial charge >= 0.3 is 0 Å². The summed E-state index contributed by atoms with van der Waals surface area (Å²) < 4.78 is 7.21. The van der Waals surface area contributed by atoms with Crippen molar-refractivity contribution >= 4 is 22.6 Å². The lowest BCUT2D eigenvalue weighted by molar-refractivity contribution is 0.0896. The molecule has 0 spiro atoms. The number of methoxy groups -OCH3 is 1. The molecule has 1 aliphatic heterocycles. The van der Waals surface area contributed by atoms with Gasteiger partial charge in [0.25, 0.3) is 5.78 Å². The molecule has 3 aromatic heterocycles. The van der Waals surface area contributed by atoms with Crippen molar-refractivity contribution in [1.29, 1.82) is 5.26 Å². The fourth-order valence-electron chi connectivity index (χ4n) is 5.51. The largest absolute Gasteiger partial charge is 0.497 e. The molecule has 5 rings (SSSR count). The van der Waals surface area contributed by atoms with Crippen LogP contribution in [0.5, 0.6) is 5.75 Å². The second kappa shape index (κ2) is 10.1. The summed E-state index contributed by atoms with van der Waals surface area (Å²) in [5.41, 5.74) is 3.26. The number of hydrogen-bond acceptors (Lipinski definition) is 8. The van der Waals surface area contributed by atoms with Crippen LogP contribution in [0.2, 0.25) is 0 Å². The molecule has 0 saturated carbocycles. The van der Waals surface area contributed by atoms with Gasteiger partial charge in [0.05, 0.1) is 12.6 Å². The lowest BCUT2D eigenvalue weighted by Gasteiger charge is -2.49. The van der Waals surface area contributed by atoms with E-state index in [2.05, 4.69) is 76.1 Å². The van der Waals surface area contributed by atoms with Crippen molar-refractivity contribution in [2.45, 2.75) is 58.2 Å². The molecular formula is C27H32N8O. The van der Waals surface area contributed by atoms with Crippen LogP contribution >= 0.6 is 0 Å². The first-order chi connectivity index (χ1) is 17.6. The predicted octanol–water partition coefficient (Wildman–Crippen LogP) is 4.38. The minimum Gasteiger partial charge on any atom is -0.497 e. The number of nitrogens with zero attached hydrogens (tertiary/aromatic N) is 8. The van der Waals surface area contributed by atoms with Gasteiger partial charge in [-0.05, 0) is 49.1 Å². The second-order valence-electron chi connectivity index (χ2n) is 9.28. The van der Waals surface area contributed by atoms with E-state index in [9.17, 15) is 5.26 Å². The normalized spacial score (nSPS) is 19.5. The summed E-state index contributed by atoms with van der Waals surface area (Å²) in [5, 5.41) is 17.8. The van der Waals surface area contributed by atoms with Crippen LogP contribution < -0.4 is 9.64 Å². The Hall–Kier alpha value is -3.77. The molecule has 0 aliphatic carbocycles. The Morgan fingerprint density at radius 1 is 1.03 bits per heavy atom. The number of hydrogen-bond donors (Lipinski definition) is 0. The summed E-state index contributed by atoms with van der Waals surface area (Å²) in [4.78, 5) is 14.6. The Labute approximate surface area is 211 Å². The zero-order valence-corrected chi connectivity index (χ0v) is 21.3. The van der Waals surface area contributed by atoms with Crippen LogP contribution in [-0.4, -0.2) is 61.7 Å². The van der Waals surface area contributed by atoms with E-state index in [-0.39, 0.29) is 6.04 Å². The molecule has 0 bridgehead atoms. The van der Waals surface area contributed by atoms with Crippen molar-refractivity contribution in [2.24, 2.45) is 0 Å². The molecule has 1 aliphatic rings. The average Bonchev–Trinajstić information content (AvgIpc) is 3.41. The molecular weight excluding hydrogens is 452 g/mol. The molecule has 1 fully saturated rings. The van der Waals surface area contributed by atoms with E-state index < -0.39 is 0 Å². The standard InChI is InChI=1S/C27H32N8O/c1-5-20-16-34(21(6-2)15-33(20)23(7-3)18-8-11-22(36-4)12-9-18)26-25-24(13-10-19(14-28)30-25)35-17-29-32-27(35)31-26/h8-13,17,20-21,23H,5-7,15-16H2,1-4H3/t20-,21+,23?/m1/s1. The highest BCUT2D eigenvalue weighted by atomic mass is 16.5. The molecule has 4 heterocycles. The second-order valence-corrected chi connectivity index (χ2v) is 9.28. The SMILES string of the molecule is CCC(c1ccc(OC)cc1)N1C[C@H](CC)N(c2nc3nncn3c3ccc(C#N)nc23)C[C@H]1CC. The first kappa shape index (κ1) is 23.9. The highest BCUT2D eigenvalue weighted by Crippen LogP contribution is 2.36. The van der Waals surface area contributed by atoms with Crippen LogP contribution in [0.1, 0.15) is 57.3 Å². The number of aromatic nitrogens is 5. The maximum absolute atomic E-state index is 9.52. The number of fused-ring (bicyclic) bond motifs is 3. The van der Waals surface area contributed by atoms with Gasteiger partial charge in [-0.15, -0.1) is 10.2 Å². The molecule has 36 heavy (non-hydrogen) atoms. The van der Waals surface area contributed by atoms with Crippen LogP contribution in [0.4, 0.5) is 5.82 Å². The number of ether oxygens (including phenoxy) is 1. The van der Waals surface area contributed by atoms with E-state index in [1.54, 1.807) is 19.5 Å². The molecule has 3 atom stereocenters. The zero-order valence-electron chi connectivity index (χ0n) is 21.3. The molecule has 186 valence electrons. The molecule has 1 unspecified atom stereocenters. The number of pyridine rings is 1. The molecule has 0 amide bonds. The van der Waals surface area contributed by atoms with Gasteiger partial charge in [0.2, 0.25) is 0 Å². The summed E-state index contributed by atoms with van der Waals surface area (Å²) in [6, 6.07) is 15.2. The number of nitriles is 1. The van der Waals surface area contributed by atoms with Gasteiger partial charge in [0.1, 0.15) is 29.4 Å². The Kier molecular flexibility index (Phi) is 6.70. The molecule has 1 saturated heterocycles. The number of benzene rings is 1. The zero-order chi connectivity index (χ0) is 25.2. The van der Waals surface area contributed by atoms with Crippen molar-refractivity contribution in [3.8, 4) is 11.8 Å². The van der Waals surface area contributed by atoms with E-state index in [4.69, 9.17) is 9.72 Å². The third-order valence-corrected chi connectivity index (χ3v) is 7.44. The smallest absolute Gasteiger partial charge is 0.257 e. The molecule has 0 radical (unpaired) electrons. The predicted molar refractivity (Wildman–Crippen MR) is 139 cm³/mol. The number of rotatable bonds is 7. The van der Waals surface area contributed by atoms with Gasteiger partial charge < -0.3 is 9.64 Å². The van der Waals surface area contributed by atoms with Gasteiger partial charge in [0, 0.05) is 31.2 Å². The van der Waals surface area contributed by atoms with Gasteiger partial charge in [-0.2, -0.15) is 10.2 Å². The molecule has 9 nitrogen and oxygen atoms in total. The number of anilines is 1. The quantitative estimate of drug-likeness (QED) is 0.381. The fourth-order valence-corrected chi connectivity index (χ4v) is 5.51. The fraction of sp³-hybridized carbons (Fsp3) is 0.444. The van der Waals surface area contributed by atoms with Crippen molar-refractivity contribution in [1.82, 2.24) is 29.5 Å².